The van der Waals surface area contributed by atoms with Crippen LogP contribution in [0.1, 0.15) is 54.8 Å². The molecule has 0 aliphatic carbocycles. The monoisotopic (exact) mass is 472 g/mol. The Labute approximate surface area is 199 Å². The Kier molecular flexibility index (Phi) is 10.7. The lowest BCUT2D eigenvalue weighted by Gasteiger charge is -2.17. The third-order valence-electron chi connectivity index (χ3n) is 4.45. The molecule has 0 aliphatic rings. The SMILES string of the molecule is CCOc1cc(C(=O)NCCCNC(=O)c2cccc(OC(C)=O)c2)cc(OCC)c1OCC. The maximum absolute atomic E-state index is 12.7. The molecule has 0 spiro atoms. The average Bonchev–Trinajstić information content (AvgIpc) is 2.80. The van der Waals surface area contributed by atoms with Crippen LogP contribution in [0, 0.1) is 0 Å². The summed E-state index contributed by atoms with van der Waals surface area (Å²) in [7, 11) is 0. The molecule has 184 valence electrons. The molecule has 0 unspecified atom stereocenters. The van der Waals surface area contributed by atoms with Gasteiger partial charge >= 0.3 is 5.97 Å². The number of amides is 2. The smallest absolute Gasteiger partial charge is 0.308 e. The summed E-state index contributed by atoms with van der Waals surface area (Å²) in [5.74, 6) is 0.638. The van der Waals surface area contributed by atoms with Crippen LogP contribution in [-0.4, -0.2) is 50.7 Å². The van der Waals surface area contributed by atoms with E-state index in [0.29, 0.717) is 73.5 Å². The summed E-state index contributed by atoms with van der Waals surface area (Å²) in [6.45, 7) is 8.84. The molecule has 0 heterocycles. The zero-order valence-corrected chi connectivity index (χ0v) is 20.1. The molecular formula is C25H32N2O7. The highest BCUT2D eigenvalue weighted by Gasteiger charge is 2.18. The fourth-order valence-corrected chi connectivity index (χ4v) is 3.08. The lowest BCUT2D eigenvalue weighted by molar-refractivity contribution is -0.131. The maximum Gasteiger partial charge on any atom is 0.308 e. The lowest BCUT2D eigenvalue weighted by atomic mass is 10.1. The van der Waals surface area contributed by atoms with E-state index >= 15 is 0 Å². The standard InChI is InChI=1S/C25H32N2O7/c1-5-31-21-15-19(16-22(32-6-2)23(21)33-7-3)25(30)27-13-9-12-26-24(29)18-10-8-11-20(14-18)34-17(4)28/h8,10-11,14-16H,5-7,9,12-13H2,1-4H3,(H,26,29)(H,27,30). The normalized spacial score (nSPS) is 10.2. The van der Waals surface area contributed by atoms with Crippen LogP contribution in [0.4, 0.5) is 0 Å². The summed E-state index contributed by atoms with van der Waals surface area (Å²) >= 11 is 0. The Morgan fingerprint density at radius 1 is 0.765 bits per heavy atom. The van der Waals surface area contributed by atoms with Crippen LogP contribution in [0.15, 0.2) is 36.4 Å². The first kappa shape index (κ1) is 26.5. The van der Waals surface area contributed by atoms with E-state index in [1.54, 1.807) is 30.3 Å². The van der Waals surface area contributed by atoms with Crippen LogP contribution in [-0.2, 0) is 4.79 Å². The molecule has 0 aromatic heterocycles. The molecule has 0 bridgehead atoms. The van der Waals surface area contributed by atoms with Gasteiger partial charge in [0, 0.05) is 31.1 Å². The van der Waals surface area contributed by atoms with Gasteiger partial charge in [-0.2, -0.15) is 0 Å². The molecule has 0 radical (unpaired) electrons. The van der Waals surface area contributed by atoms with E-state index in [2.05, 4.69) is 10.6 Å². The molecule has 2 rings (SSSR count). The molecular weight excluding hydrogens is 440 g/mol. The number of carbonyl (C=O) groups excluding carboxylic acids is 3. The second-order valence-corrected chi connectivity index (χ2v) is 7.09. The van der Waals surface area contributed by atoms with E-state index in [0.717, 1.165) is 0 Å². The van der Waals surface area contributed by atoms with Gasteiger partial charge in [-0.1, -0.05) is 6.07 Å². The molecule has 0 fully saturated rings. The van der Waals surface area contributed by atoms with Crippen molar-refractivity contribution in [2.24, 2.45) is 0 Å². The molecule has 2 amide bonds. The number of esters is 1. The Morgan fingerprint density at radius 3 is 1.85 bits per heavy atom. The van der Waals surface area contributed by atoms with Crippen LogP contribution >= 0.6 is 0 Å². The Balaban J connectivity index is 1.91. The predicted molar refractivity (Wildman–Crippen MR) is 127 cm³/mol. The largest absolute Gasteiger partial charge is 0.490 e. The van der Waals surface area contributed by atoms with E-state index in [1.165, 1.54) is 13.0 Å². The van der Waals surface area contributed by atoms with E-state index < -0.39 is 5.97 Å². The highest BCUT2D eigenvalue weighted by atomic mass is 16.5. The number of hydrogen-bond acceptors (Lipinski definition) is 7. The van der Waals surface area contributed by atoms with Crippen molar-refractivity contribution in [1.82, 2.24) is 10.6 Å². The summed E-state index contributed by atoms with van der Waals surface area (Å²) in [5.41, 5.74) is 0.769. The summed E-state index contributed by atoms with van der Waals surface area (Å²) in [4.78, 5) is 36.1. The molecule has 2 N–H and O–H groups in total. The Hall–Kier alpha value is -3.75. The lowest BCUT2D eigenvalue weighted by Crippen LogP contribution is -2.30. The quantitative estimate of drug-likeness (QED) is 0.261. The maximum atomic E-state index is 12.7. The van der Waals surface area contributed by atoms with Gasteiger partial charge < -0.3 is 29.6 Å². The van der Waals surface area contributed by atoms with Crippen LogP contribution < -0.4 is 29.6 Å². The van der Waals surface area contributed by atoms with E-state index in [1.807, 2.05) is 20.8 Å². The second-order valence-electron chi connectivity index (χ2n) is 7.09. The highest BCUT2D eigenvalue weighted by Crippen LogP contribution is 2.39. The van der Waals surface area contributed by atoms with Gasteiger partial charge in [0.25, 0.3) is 11.8 Å². The summed E-state index contributed by atoms with van der Waals surface area (Å²) in [5, 5.41) is 5.61. The predicted octanol–water partition coefficient (Wildman–Crippen LogP) is 3.36. The molecule has 2 aromatic carbocycles. The third kappa shape index (κ3) is 7.99. The fourth-order valence-electron chi connectivity index (χ4n) is 3.08. The Morgan fingerprint density at radius 2 is 1.32 bits per heavy atom. The van der Waals surface area contributed by atoms with Crippen molar-refractivity contribution < 1.29 is 33.3 Å². The molecule has 0 saturated heterocycles. The van der Waals surface area contributed by atoms with Gasteiger partial charge in [-0.25, -0.2) is 0 Å². The molecule has 9 nitrogen and oxygen atoms in total. The van der Waals surface area contributed by atoms with Crippen molar-refractivity contribution in [2.45, 2.75) is 34.1 Å². The summed E-state index contributed by atoms with van der Waals surface area (Å²) in [6, 6.07) is 9.62. The van der Waals surface area contributed by atoms with Crippen molar-refractivity contribution >= 4 is 17.8 Å². The van der Waals surface area contributed by atoms with Gasteiger partial charge in [0.1, 0.15) is 5.75 Å². The average molecular weight is 473 g/mol. The van der Waals surface area contributed by atoms with Crippen LogP contribution in [0.25, 0.3) is 0 Å². The van der Waals surface area contributed by atoms with Gasteiger partial charge in [0.2, 0.25) is 5.75 Å². The van der Waals surface area contributed by atoms with E-state index in [4.69, 9.17) is 18.9 Å². The van der Waals surface area contributed by atoms with Crippen LogP contribution in [0.2, 0.25) is 0 Å². The van der Waals surface area contributed by atoms with Gasteiger partial charge in [-0.3, -0.25) is 14.4 Å². The van der Waals surface area contributed by atoms with Crippen molar-refractivity contribution in [1.29, 1.82) is 0 Å². The van der Waals surface area contributed by atoms with Gasteiger partial charge in [0.15, 0.2) is 11.5 Å². The minimum Gasteiger partial charge on any atom is -0.490 e. The molecule has 2 aromatic rings. The van der Waals surface area contributed by atoms with Crippen molar-refractivity contribution in [3.8, 4) is 23.0 Å². The zero-order valence-electron chi connectivity index (χ0n) is 20.1. The molecule has 0 saturated carbocycles. The molecule has 0 atom stereocenters. The highest BCUT2D eigenvalue weighted by molar-refractivity contribution is 5.96. The van der Waals surface area contributed by atoms with Crippen molar-refractivity contribution in [2.75, 3.05) is 32.9 Å². The molecule has 34 heavy (non-hydrogen) atoms. The number of benzene rings is 2. The molecule has 0 aliphatic heterocycles. The van der Waals surface area contributed by atoms with Crippen LogP contribution in [0.5, 0.6) is 23.0 Å². The van der Waals surface area contributed by atoms with Crippen molar-refractivity contribution in [3.63, 3.8) is 0 Å². The van der Waals surface area contributed by atoms with Gasteiger partial charge in [0.05, 0.1) is 19.8 Å². The number of ether oxygens (including phenoxy) is 4. The molecule has 9 heteroatoms. The second kappa shape index (κ2) is 13.7. The third-order valence-corrected chi connectivity index (χ3v) is 4.45. The van der Waals surface area contributed by atoms with Crippen LogP contribution in [0.3, 0.4) is 0 Å². The number of rotatable bonds is 13. The first-order chi connectivity index (χ1) is 16.4. The first-order valence-corrected chi connectivity index (χ1v) is 11.3. The van der Waals surface area contributed by atoms with E-state index in [9.17, 15) is 14.4 Å². The minimum absolute atomic E-state index is 0.287. The summed E-state index contributed by atoms with van der Waals surface area (Å²) in [6.07, 6.45) is 0.523. The van der Waals surface area contributed by atoms with Gasteiger partial charge in [-0.05, 0) is 57.5 Å². The Bertz CT molecular complexity index is 964. The van der Waals surface area contributed by atoms with Crippen molar-refractivity contribution in [3.05, 3.63) is 47.5 Å². The topological polar surface area (TPSA) is 112 Å². The van der Waals surface area contributed by atoms with Gasteiger partial charge in [-0.15, -0.1) is 0 Å². The van der Waals surface area contributed by atoms with E-state index in [-0.39, 0.29) is 11.8 Å². The number of carbonyl (C=O) groups is 3. The number of nitrogens with one attached hydrogen (secondary N) is 2. The first-order valence-electron chi connectivity index (χ1n) is 11.3. The minimum atomic E-state index is -0.456. The summed E-state index contributed by atoms with van der Waals surface area (Å²) < 4.78 is 21.9. The zero-order chi connectivity index (χ0) is 24.9. The number of hydrogen-bond donors (Lipinski definition) is 2. The fraction of sp³-hybridized carbons (Fsp3) is 0.400.